The second-order valence-electron chi connectivity index (χ2n) is 6.47. The lowest BCUT2D eigenvalue weighted by atomic mass is 10.2. The number of hydrogen-bond acceptors (Lipinski definition) is 3. The molecule has 0 radical (unpaired) electrons. The molecule has 1 fully saturated rings. The Morgan fingerprint density at radius 2 is 1.74 bits per heavy atom. The lowest BCUT2D eigenvalue weighted by molar-refractivity contribution is -0.130. The SMILES string of the molecule is Cc1ccc(Br)cc1NC(=O)NCC(=O)N1CCN(c2ccccc2)CC1. The van der Waals surface area contributed by atoms with Gasteiger partial charge in [0, 0.05) is 42.0 Å². The molecule has 2 aromatic rings. The fourth-order valence-electron chi connectivity index (χ4n) is 3.02. The van der Waals surface area contributed by atoms with Crippen LogP contribution in [-0.4, -0.2) is 49.6 Å². The topological polar surface area (TPSA) is 64.7 Å². The van der Waals surface area contributed by atoms with Crippen LogP contribution in [0.2, 0.25) is 0 Å². The summed E-state index contributed by atoms with van der Waals surface area (Å²) in [5.74, 6) is -0.0659. The first kappa shape index (κ1) is 19.2. The number of para-hydroxylation sites is 1. The molecule has 7 heteroatoms. The minimum Gasteiger partial charge on any atom is -0.368 e. The summed E-state index contributed by atoms with van der Waals surface area (Å²) in [6, 6.07) is 15.5. The van der Waals surface area contributed by atoms with Crippen LogP contribution in [0.15, 0.2) is 53.0 Å². The standard InChI is InChI=1S/C20H23BrN4O2/c1-15-7-8-16(21)13-18(15)23-20(27)22-14-19(26)25-11-9-24(10-12-25)17-5-3-2-4-6-17/h2-8,13H,9-12,14H2,1H3,(H2,22,23,27). The summed E-state index contributed by atoms with van der Waals surface area (Å²) in [7, 11) is 0. The lowest BCUT2D eigenvalue weighted by Gasteiger charge is -2.36. The second kappa shape index (κ2) is 8.90. The van der Waals surface area contributed by atoms with Gasteiger partial charge in [0.05, 0.1) is 6.54 Å². The number of carbonyl (C=O) groups excluding carboxylic acids is 2. The van der Waals surface area contributed by atoms with E-state index >= 15 is 0 Å². The number of nitrogens with zero attached hydrogens (tertiary/aromatic N) is 2. The molecule has 0 spiro atoms. The predicted octanol–water partition coefficient (Wildman–Crippen LogP) is 3.23. The Morgan fingerprint density at radius 3 is 2.44 bits per heavy atom. The van der Waals surface area contributed by atoms with E-state index in [-0.39, 0.29) is 18.5 Å². The first-order chi connectivity index (χ1) is 13.0. The molecule has 27 heavy (non-hydrogen) atoms. The van der Waals surface area contributed by atoms with E-state index in [2.05, 4.69) is 43.6 Å². The zero-order chi connectivity index (χ0) is 19.2. The quantitative estimate of drug-likeness (QED) is 0.782. The van der Waals surface area contributed by atoms with Crippen molar-refractivity contribution in [1.82, 2.24) is 10.2 Å². The number of piperazine rings is 1. The zero-order valence-electron chi connectivity index (χ0n) is 15.2. The van der Waals surface area contributed by atoms with Gasteiger partial charge in [0.25, 0.3) is 0 Å². The molecule has 1 heterocycles. The largest absolute Gasteiger partial charge is 0.368 e. The van der Waals surface area contributed by atoms with Crippen LogP contribution >= 0.6 is 15.9 Å². The number of nitrogens with one attached hydrogen (secondary N) is 2. The van der Waals surface area contributed by atoms with Crippen LogP contribution in [0, 0.1) is 6.92 Å². The van der Waals surface area contributed by atoms with Gasteiger partial charge in [0.1, 0.15) is 0 Å². The molecule has 0 atom stereocenters. The van der Waals surface area contributed by atoms with E-state index in [1.54, 1.807) is 4.90 Å². The van der Waals surface area contributed by atoms with Gasteiger partial charge < -0.3 is 20.4 Å². The van der Waals surface area contributed by atoms with Crippen LogP contribution in [0.5, 0.6) is 0 Å². The monoisotopic (exact) mass is 430 g/mol. The van der Waals surface area contributed by atoms with Crippen molar-refractivity contribution >= 4 is 39.2 Å². The van der Waals surface area contributed by atoms with Crippen molar-refractivity contribution in [2.75, 3.05) is 42.9 Å². The molecule has 3 amide bonds. The highest BCUT2D eigenvalue weighted by molar-refractivity contribution is 9.10. The molecule has 1 saturated heterocycles. The fourth-order valence-corrected chi connectivity index (χ4v) is 3.38. The van der Waals surface area contributed by atoms with E-state index in [0.29, 0.717) is 18.8 Å². The number of anilines is 2. The second-order valence-corrected chi connectivity index (χ2v) is 7.39. The number of carbonyl (C=O) groups is 2. The molecule has 0 aliphatic carbocycles. The molecular formula is C20H23BrN4O2. The maximum Gasteiger partial charge on any atom is 0.319 e. The molecule has 142 valence electrons. The van der Waals surface area contributed by atoms with Gasteiger partial charge in [-0.05, 0) is 36.8 Å². The van der Waals surface area contributed by atoms with Crippen LogP contribution in [0.3, 0.4) is 0 Å². The van der Waals surface area contributed by atoms with E-state index < -0.39 is 0 Å². The van der Waals surface area contributed by atoms with Gasteiger partial charge >= 0.3 is 6.03 Å². The minimum atomic E-state index is -0.382. The van der Waals surface area contributed by atoms with Gasteiger partial charge in [-0.1, -0.05) is 40.2 Å². The van der Waals surface area contributed by atoms with Crippen molar-refractivity contribution < 1.29 is 9.59 Å². The van der Waals surface area contributed by atoms with Crippen LogP contribution < -0.4 is 15.5 Å². The molecule has 0 aromatic heterocycles. The van der Waals surface area contributed by atoms with Crippen molar-refractivity contribution in [3.63, 3.8) is 0 Å². The van der Waals surface area contributed by atoms with Crippen molar-refractivity contribution in [3.8, 4) is 0 Å². The molecule has 1 aliphatic rings. The van der Waals surface area contributed by atoms with Crippen molar-refractivity contribution in [2.45, 2.75) is 6.92 Å². The lowest BCUT2D eigenvalue weighted by Crippen LogP contribution is -2.51. The van der Waals surface area contributed by atoms with Crippen molar-refractivity contribution in [3.05, 3.63) is 58.6 Å². The van der Waals surface area contributed by atoms with Crippen LogP contribution in [0.4, 0.5) is 16.2 Å². The minimum absolute atomic E-state index is 0.00970. The average molecular weight is 431 g/mol. The highest BCUT2D eigenvalue weighted by Gasteiger charge is 2.21. The maximum absolute atomic E-state index is 12.4. The predicted molar refractivity (Wildman–Crippen MR) is 111 cm³/mol. The van der Waals surface area contributed by atoms with Gasteiger partial charge in [-0.25, -0.2) is 4.79 Å². The number of rotatable bonds is 4. The smallest absolute Gasteiger partial charge is 0.319 e. The summed E-state index contributed by atoms with van der Waals surface area (Å²) in [5.41, 5.74) is 2.84. The van der Waals surface area contributed by atoms with Gasteiger partial charge in [-0.3, -0.25) is 4.79 Å². The summed E-state index contributed by atoms with van der Waals surface area (Å²) in [4.78, 5) is 28.5. The third-order valence-electron chi connectivity index (χ3n) is 4.60. The highest BCUT2D eigenvalue weighted by Crippen LogP contribution is 2.20. The molecule has 3 rings (SSSR count). The van der Waals surface area contributed by atoms with E-state index in [1.165, 1.54) is 5.69 Å². The van der Waals surface area contributed by atoms with Crippen LogP contribution in [0.1, 0.15) is 5.56 Å². The average Bonchev–Trinajstić information content (AvgIpc) is 2.70. The molecule has 2 aromatic carbocycles. The third kappa shape index (κ3) is 5.23. The third-order valence-corrected chi connectivity index (χ3v) is 5.09. The van der Waals surface area contributed by atoms with E-state index in [0.717, 1.165) is 23.1 Å². The van der Waals surface area contributed by atoms with E-state index in [9.17, 15) is 9.59 Å². The van der Waals surface area contributed by atoms with E-state index in [1.807, 2.05) is 43.3 Å². The number of aryl methyl sites for hydroxylation is 1. The fraction of sp³-hybridized carbons (Fsp3) is 0.300. The Bertz CT molecular complexity index is 805. The highest BCUT2D eigenvalue weighted by atomic mass is 79.9. The zero-order valence-corrected chi connectivity index (χ0v) is 16.8. The molecule has 2 N–H and O–H groups in total. The normalized spacial score (nSPS) is 14.0. The Balaban J connectivity index is 1.44. The molecular weight excluding hydrogens is 408 g/mol. The van der Waals surface area contributed by atoms with Gasteiger partial charge in [-0.2, -0.15) is 0 Å². The van der Waals surface area contributed by atoms with E-state index in [4.69, 9.17) is 0 Å². The number of urea groups is 1. The van der Waals surface area contributed by atoms with Gasteiger partial charge in [0.2, 0.25) is 5.91 Å². The number of benzene rings is 2. The first-order valence-electron chi connectivity index (χ1n) is 8.92. The Morgan fingerprint density at radius 1 is 1.04 bits per heavy atom. The summed E-state index contributed by atoms with van der Waals surface area (Å²) in [5, 5.41) is 5.43. The number of halogens is 1. The Kier molecular flexibility index (Phi) is 6.34. The van der Waals surface area contributed by atoms with Crippen molar-refractivity contribution in [1.29, 1.82) is 0 Å². The van der Waals surface area contributed by atoms with Crippen molar-refractivity contribution in [2.24, 2.45) is 0 Å². The number of hydrogen-bond donors (Lipinski definition) is 2. The summed E-state index contributed by atoms with van der Waals surface area (Å²) < 4.78 is 0.885. The molecule has 0 bridgehead atoms. The summed E-state index contributed by atoms with van der Waals surface area (Å²) >= 11 is 3.39. The Labute approximate surface area is 167 Å². The van der Waals surface area contributed by atoms with Crippen LogP contribution in [-0.2, 0) is 4.79 Å². The van der Waals surface area contributed by atoms with Gasteiger partial charge in [-0.15, -0.1) is 0 Å². The molecule has 1 aliphatic heterocycles. The first-order valence-corrected chi connectivity index (χ1v) is 9.71. The molecule has 0 unspecified atom stereocenters. The maximum atomic E-state index is 12.4. The van der Waals surface area contributed by atoms with Gasteiger partial charge in [0.15, 0.2) is 0 Å². The van der Waals surface area contributed by atoms with Crippen LogP contribution in [0.25, 0.3) is 0 Å². The molecule has 6 nitrogen and oxygen atoms in total. The summed E-state index contributed by atoms with van der Waals surface area (Å²) in [6.07, 6.45) is 0. The number of amides is 3. The summed E-state index contributed by atoms with van der Waals surface area (Å²) in [6.45, 7) is 4.80. The Hall–Kier alpha value is -2.54. The molecule has 0 saturated carbocycles.